The molecule has 1 aliphatic rings. The van der Waals surface area contributed by atoms with Gasteiger partial charge in [0.05, 0.1) is 12.2 Å². The Kier molecular flexibility index (Phi) is 4.70. The van der Waals surface area contributed by atoms with Crippen LogP contribution in [0.2, 0.25) is 0 Å². The molecule has 0 atom stereocenters. The van der Waals surface area contributed by atoms with Crippen molar-refractivity contribution in [2.75, 3.05) is 26.3 Å². The second-order valence-electron chi connectivity index (χ2n) is 4.51. The van der Waals surface area contributed by atoms with Gasteiger partial charge in [0.1, 0.15) is 5.82 Å². The summed E-state index contributed by atoms with van der Waals surface area (Å²) >= 11 is 0. The van der Waals surface area contributed by atoms with Crippen LogP contribution in [0.4, 0.5) is 4.39 Å². The molecule has 0 saturated carbocycles. The van der Waals surface area contributed by atoms with Gasteiger partial charge in [0, 0.05) is 31.8 Å². The van der Waals surface area contributed by atoms with Gasteiger partial charge in [-0.15, -0.1) is 0 Å². The summed E-state index contributed by atoms with van der Waals surface area (Å²) in [7, 11) is 0. The molecule has 1 saturated heterocycles. The van der Waals surface area contributed by atoms with Crippen LogP contribution in [0, 0.1) is 5.82 Å². The Balaban J connectivity index is 2.15. The van der Waals surface area contributed by atoms with Crippen LogP contribution in [-0.2, 0) is 11.3 Å². The number of amidine groups is 1. The van der Waals surface area contributed by atoms with Gasteiger partial charge >= 0.3 is 0 Å². The molecule has 1 heterocycles. The third-order valence-electron chi connectivity index (χ3n) is 3.17. The molecule has 5 nitrogen and oxygen atoms in total. The lowest BCUT2D eigenvalue weighted by Crippen LogP contribution is -2.27. The summed E-state index contributed by atoms with van der Waals surface area (Å²) < 4.78 is 19.6. The van der Waals surface area contributed by atoms with Crippen LogP contribution in [0.1, 0.15) is 17.5 Å². The number of rotatable bonds is 3. The molecule has 0 aromatic heterocycles. The molecule has 1 aromatic carbocycles. The minimum atomic E-state index is -0.428. The highest BCUT2D eigenvalue weighted by Gasteiger charge is 2.15. The number of hydrogen-bond acceptors (Lipinski definition) is 4. The van der Waals surface area contributed by atoms with Crippen molar-refractivity contribution in [1.82, 2.24) is 4.90 Å². The Morgan fingerprint density at radius 2 is 2.26 bits per heavy atom. The lowest BCUT2D eigenvalue weighted by atomic mass is 10.1. The van der Waals surface area contributed by atoms with Crippen molar-refractivity contribution >= 4 is 5.84 Å². The second kappa shape index (κ2) is 6.49. The van der Waals surface area contributed by atoms with Crippen molar-refractivity contribution in [2.45, 2.75) is 13.0 Å². The minimum absolute atomic E-state index is 0.131. The van der Waals surface area contributed by atoms with Gasteiger partial charge in [-0.3, -0.25) is 4.90 Å². The van der Waals surface area contributed by atoms with Gasteiger partial charge in [0.25, 0.3) is 0 Å². The molecule has 0 bridgehead atoms. The zero-order chi connectivity index (χ0) is 13.7. The first-order valence-corrected chi connectivity index (χ1v) is 6.27. The summed E-state index contributed by atoms with van der Waals surface area (Å²) in [4.78, 5) is 2.14. The van der Waals surface area contributed by atoms with Crippen molar-refractivity contribution in [3.05, 3.63) is 35.1 Å². The maximum absolute atomic E-state index is 14.2. The summed E-state index contributed by atoms with van der Waals surface area (Å²) in [5, 5.41) is 11.5. The quantitative estimate of drug-likeness (QED) is 0.373. The van der Waals surface area contributed by atoms with Crippen LogP contribution < -0.4 is 5.73 Å². The summed E-state index contributed by atoms with van der Waals surface area (Å²) in [5.41, 5.74) is 6.13. The maximum atomic E-state index is 14.2. The largest absolute Gasteiger partial charge is 0.409 e. The number of ether oxygens (including phenoxy) is 1. The predicted octanol–water partition coefficient (Wildman–Crippen LogP) is 1.14. The number of halogens is 1. The molecular weight excluding hydrogens is 249 g/mol. The third-order valence-corrected chi connectivity index (χ3v) is 3.17. The fourth-order valence-corrected chi connectivity index (χ4v) is 2.15. The number of nitrogens with zero attached hydrogens (tertiary/aromatic N) is 2. The normalized spacial score (nSPS) is 18.3. The van der Waals surface area contributed by atoms with Gasteiger partial charge < -0.3 is 15.7 Å². The van der Waals surface area contributed by atoms with Gasteiger partial charge in [-0.2, -0.15) is 0 Å². The molecule has 2 rings (SSSR count). The predicted molar refractivity (Wildman–Crippen MR) is 69.6 cm³/mol. The maximum Gasteiger partial charge on any atom is 0.173 e. The van der Waals surface area contributed by atoms with E-state index in [1.807, 2.05) is 0 Å². The van der Waals surface area contributed by atoms with Gasteiger partial charge in [0.15, 0.2) is 5.84 Å². The molecule has 19 heavy (non-hydrogen) atoms. The number of oxime groups is 1. The highest BCUT2D eigenvalue weighted by atomic mass is 19.1. The molecule has 6 heteroatoms. The highest BCUT2D eigenvalue weighted by molar-refractivity contribution is 5.97. The van der Waals surface area contributed by atoms with E-state index in [0.717, 1.165) is 26.1 Å². The third kappa shape index (κ3) is 3.42. The smallest absolute Gasteiger partial charge is 0.173 e. The lowest BCUT2D eigenvalue weighted by molar-refractivity contribution is 0.140. The summed E-state index contributed by atoms with van der Waals surface area (Å²) in [6.07, 6.45) is 0.946. The molecule has 0 aliphatic carbocycles. The van der Waals surface area contributed by atoms with Gasteiger partial charge in [-0.1, -0.05) is 17.3 Å². The fourth-order valence-electron chi connectivity index (χ4n) is 2.15. The Morgan fingerprint density at radius 1 is 1.42 bits per heavy atom. The monoisotopic (exact) mass is 267 g/mol. The number of benzene rings is 1. The first-order valence-electron chi connectivity index (χ1n) is 6.27. The van der Waals surface area contributed by atoms with Crippen LogP contribution in [0.3, 0.4) is 0 Å². The van der Waals surface area contributed by atoms with Crippen LogP contribution in [0.25, 0.3) is 0 Å². The van der Waals surface area contributed by atoms with Crippen LogP contribution in [-0.4, -0.2) is 42.2 Å². The lowest BCUT2D eigenvalue weighted by Gasteiger charge is -2.19. The molecule has 1 fully saturated rings. The Morgan fingerprint density at radius 3 is 3.05 bits per heavy atom. The first-order chi connectivity index (χ1) is 9.22. The fraction of sp³-hybridized carbons (Fsp3) is 0.462. The Hall–Kier alpha value is -1.66. The van der Waals surface area contributed by atoms with E-state index in [-0.39, 0.29) is 11.4 Å². The molecule has 0 unspecified atom stereocenters. The topological polar surface area (TPSA) is 71.1 Å². The minimum Gasteiger partial charge on any atom is -0.409 e. The van der Waals surface area contributed by atoms with Crippen molar-refractivity contribution in [3.63, 3.8) is 0 Å². The standard InChI is InChI=1S/C13H18FN3O2/c14-12-10(3-1-4-11(12)13(15)16-18)9-17-5-2-7-19-8-6-17/h1,3-4,18H,2,5-9H2,(H2,15,16). The van der Waals surface area contributed by atoms with Crippen molar-refractivity contribution in [3.8, 4) is 0 Å². The zero-order valence-electron chi connectivity index (χ0n) is 10.7. The van der Waals surface area contributed by atoms with Gasteiger partial charge in [-0.25, -0.2) is 4.39 Å². The summed E-state index contributed by atoms with van der Waals surface area (Å²) in [5.74, 6) is -0.637. The van der Waals surface area contributed by atoms with E-state index in [9.17, 15) is 4.39 Å². The number of hydrogen-bond donors (Lipinski definition) is 2. The van der Waals surface area contributed by atoms with E-state index in [0.29, 0.717) is 18.7 Å². The van der Waals surface area contributed by atoms with E-state index in [1.165, 1.54) is 6.07 Å². The van der Waals surface area contributed by atoms with Crippen LogP contribution in [0.5, 0.6) is 0 Å². The summed E-state index contributed by atoms with van der Waals surface area (Å²) in [6, 6.07) is 4.93. The highest BCUT2D eigenvalue weighted by Crippen LogP contribution is 2.16. The summed E-state index contributed by atoms with van der Waals surface area (Å²) in [6.45, 7) is 3.59. The van der Waals surface area contributed by atoms with Crippen LogP contribution >= 0.6 is 0 Å². The molecule has 104 valence electrons. The molecule has 1 aliphatic heterocycles. The van der Waals surface area contributed by atoms with E-state index < -0.39 is 5.82 Å². The van der Waals surface area contributed by atoms with E-state index in [1.54, 1.807) is 12.1 Å². The van der Waals surface area contributed by atoms with Gasteiger partial charge in [0.2, 0.25) is 0 Å². The molecule has 0 spiro atoms. The Labute approximate surface area is 111 Å². The molecule has 0 amide bonds. The SMILES string of the molecule is N/C(=N/O)c1cccc(CN2CCCOCC2)c1F. The molecule has 0 radical (unpaired) electrons. The zero-order valence-corrected chi connectivity index (χ0v) is 10.7. The van der Waals surface area contributed by atoms with Crippen molar-refractivity contribution in [2.24, 2.45) is 10.9 Å². The molecular formula is C13H18FN3O2. The first kappa shape index (κ1) is 13.8. The molecule has 1 aromatic rings. The second-order valence-corrected chi connectivity index (χ2v) is 4.51. The van der Waals surface area contributed by atoms with E-state index in [2.05, 4.69) is 10.1 Å². The average Bonchev–Trinajstić information content (AvgIpc) is 2.69. The van der Waals surface area contributed by atoms with Crippen molar-refractivity contribution in [1.29, 1.82) is 0 Å². The van der Waals surface area contributed by atoms with E-state index >= 15 is 0 Å². The van der Waals surface area contributed by atoms with E-state index in [4.69, 9.17) is 15.7 Å². The average molecular weight is 267 g/mol. The van der Waals surface area contributed by atoms with Crippen molar-refractivity contribution < 1.29 is 14.3 Å². The number of nitrogens with two attached hydrogens (primary N) is 1. The molecule has 3 N–H and O–H groups in total. The van der Waals surface area contributed by atoms with Gasteiger partial charge in [-0.05, 0) is 12.5 Å². The van der Waals surface area contributed by atoms with Crippen LogP contribution in [0.15, 0.2) is 23.4 Å². The Bertz CT molecular complexity index is 457.